The van der Waals surface area contributed by atoms with Crippen LogP contribution in [0.1, 0.15) is 277 Å². The van der Waals surface area contributed by atoms with Gasteiger partial charge >= 0.3 is 5.97 Å². The summed E-state index contributed by atoms with van der Waals surface area (Å²) in [6, 6.07) is 0. The van der Waals surface area contributed by atoms with Crippen LogP contribution in [0.5, 0.6) is 0 Å². The van der Waals surface area contributed by atoms with E-state index in [0.29, 0.717) is 24.1 Å². The Balaban J connectivity index is 4.02. The summed E-state index contributed by atoms with van der Waals surface area (Å²) < 4.78 is 34.9. The van der Waals surface area contributed by atoms with Crippen LogP contribution in [0.3, 0.4) is 0 Å². The molecule has 0 aromatic carbocycles. The van der Waals surface area contributed by atoms with E-state index in [1.54, 1.807) is 0 Å². The van der Waals surface area contributed by atoms with Gasteiger partial charge in [-0.15, -0.1) is 0 Å². The number of phosphoric acid groups is 1. The fourth-order valence-electron chi connectivity index (χ4n) is 8.60. The Morgan fingerprint density at radius 2 is 0.829 bits per heavy atom. The molecule has 0 spiro atoms. The van der Waals surface area contributed by atoms with Gasteiger partial charge in [0.05, 0.1) is 34.4 Å². The van der Waals surface area contributed by atoms with E-state index in [4.69, 9.17) is 18.5 Å². The quantitative estimate of drug-likeness (QED) is 0.0197. The van der Waals surface area contributed by atoms with E-state index < -0.39 is 13.9 Å². The lowest BCUT2D eigenvalue weighted by atomic mass is 10.0. The Morgan fingerprint density at radius 3 is 1.24 bits per heavy atom. The number of rotatable bonds is 56. The lowest BCUT2D eigenvalue weighted by Gasteiger charge is -2.28. The predicted molar refractivity (Wildman–Crippen MR) is 300 cm³/mol. The van der Waals surface area contributed by atoms with Gasteiger partial charge in [0, 0.05) is 13.0 Å². The molecule has 0 amide bonds. The van der Waals surface area contributed by atoms with Crippen molar-refractivity contribution in [3.8, 4) is 0 Å². The van der Waals surface area contributed by atoms with Crippen molar-refractivity contribution >= 4 is 13.8 Å². The van der Waals surface area contributed by atoms with Crippen LogP contribution in [-0.2, 0) is 27.9 Å². The van der Waals surface area contributed by atoms with E-state index in [-0.39, 0.29) is 25.8 Å². The van der Waals surface area contributed by atoms with Gasteiger partial charge in [-0.1, -0.05) is 268 Å². The van der Waals surface area contributed by atoms with E-state index in [2.05, 4.69) is 62.5 Å². The summed E-state index contributed by atoms with van der Waals surface area (Å²) in [6.07, 6.45) is 68.7. The number of carbonyl (C=O) groups is 1. The molecular formula is C61H116NO7P. The van der Waals surface area contributed by atoms with Crippen LogP contribution in [-0.4, -0.2) is 70.7 Å². The van der Waals surface area contributed by atoms with E-state index in [1.165, 1.54) is 199 Å². The monoisotopic (exact) mass is 1010 g/mol. The Morgan fingerprint density at radius 1 is 0.457 bits per heavy atom. The smallest absolute Gasteiger partial charge is 0.306 e. The predicted octanol–water partition coefficient (Wildman–Crippen LogP) is 18.4. The van der Waals surface area contributed by atoms with Crippen molar-refractivity contribution in [1.29, 1.82) is 0 Å². The van der Waals surface area contributed by atoms with Crippen LogP contribution in [0.4, 0.5) is 0 Å². The van der Waals surface area contributed by atoms with Crippen LogP contribution < -0.4 is 4.89 Å². The highest BCUT2D eigenvalue weighted by Crippen LogP contribution is 2.38. The van der Waals surface area contributed by atoms with Crippen LogP contribution in [0.15, 0.2) is 48.6 Å². The number of likely N-dealkylation sites (N-methyl/N-ethyl adjacent to an activating group) is 1. The zero-order chi connectivity index (χ0) is 51.2. The van der Waals surface area contributed by atoms with Gasteiger partial charge in [-0.05, 0) is 51.4 Å². The third-order valence-corrected chi connectivity index (χ3v) is 14.1. The number of allylic oxidation sites excluding steroid dienone is 8. The molecule has 0 saturated heterocycles. The first-order valence-corrected chi connectivity index (χ1v) is 31.3. The molecule has 0 rings (SSSR count). The molecule has 0 aliphatic heterocycles. The molecule has 8 nitrogen and oxygen atoms in total. The summed E-state index contributed by atoms with van der Waals surface area (Å²) in [6.45, 7) is 5.36. The molecular weight excluding hydrogens is 890 g/mol. The first kappa shape index (κ1) is 68.5. The normalized spacial score (nSPS) is 13.7. The molecule has 0 heterocycles. The average molecular weight is 1010 g/mol. The molecule has 0 aliphatic rings. The first-order valence-electron chi connectivity index (χ1n) is 29.9. The fourth-order valence-corrected chi connectivity index (χ4v) is 9.33. The summed E-state index contributed by atoms with van der Waals surface area (Å²) in [5.41, 5.74) is 0. The Kier molecular flexibility index (Phi) is 52.6. The third-order valence-electron chi connectivity index (χ3n) is 13.1. The average Bonchev–Trinajstić information content (AvgIpc) is 3.32. The first-order chi connectivity index (χ1) is 34.1. The Labute approximate surface area is 435 Å². The van der Waals surface area contributed by atoms with Crippen molar-refractivity contribution in [1.82, 2.24) is 0 Å². The molecule has 0 saturated carbocycles. The highest BCUT2D eigenvalue weighted by atomic mass is 31.2. The lowest BCUT2D eigenvalue weighted by molar-refractivity contribution is -0.870. The standard InChI is InChI=1S/C61H116NO7P/c1-6-8-10-12-14-16-18-20-22-24-26-28-30-31-32-33-35-37-39-41-43-45-47-49-51-53-56-66-58-60(59-68-70(64,65)67-57-55-62(3,4)5)69-61(63)54-52-50-48-46-44-42-40-38-36-34-29-27-25-23-21-19-17-15-13-11-9-7-2/h8,10,14,16,20,22,26,28,60H,6-7,9,11-13,15,17-19,21,23-25,27,29-59H2,1-5H3/b10-8-,16-14-,22-20-,28-26-. The van der Waals surface area contributed by atoms with E-state index in [0.717, 1.165) is 57.8 Å². The maximum absolute atomic E-state index is 12.8. The van der Waals surface area contributed by atoms with Gasteiger partial charge < -0.3 is 27.9 Å². The van der Waals surface area contributed by atoms with Gasteiger partial charge in [-0.3, -0.25) is 9.36 Å². The van der Waals surface area contributed by atoms with Crippen molar-refractivity contribution in [2.75, 3.05) is 54.1 Å². The molecule has 2 atom stereocenters. The molecule has 0 bridgehead atoms. The van der Waals surface area contributed by atoms with Gasteiger partial charge in [0.25, 0.3) is 7.82 Å². The summed E-state index contributed by atoms with van der Waals surface area (Å²) in [7, 11) is 1.37. The van der Waals surface area contributed by atoms with Gasteiger partial charge in [0.1, 0.15) is 19.3 Å². The van der Waals surface area contributed by atoms with E-state index in [9.17, 15) is 14.3 Å². The molecule has 0 aromatic heterocycles. The molecule has 0 fully saturated rings. The van der Waals surface area contributed by atoms with Crippen LogP contribution in [0.2, 0.25) is 0 Å². The summed E-state index contributed by atoms with van der Waals surface area (Å²) in [4.78, 5) is 25.3. The number of quaternary nitrogens is 1. The van der Waals surface area contributed by atoms with Crippen molar-refractivity contribution in [2.24, 2.45) is 0 Å². The number of hydrogen-bond donors (Lipinski definition) is 0. The fraction of sp³-hybridized carbons (Fsp3) is 0.852. The molecule has 0 aromatic rings. The number of carbonyl (C=O) groups excluding carboxylic acids is 1. The van der Waals surface area contributed by atoms with Gasteiger partial charge in [-0.25, -0.2) is 0 Å². The Bertz CT molecular complexity index is 1260. The van der Waals surface area contributed by atoms with Gasteiger partial charge in [0.15, 0.2) is 0 Å². The largest absolute Gasteiger partial charge is 0.756 e. The second-order valence-electron chi connectivity index (χ2n) is 21.3. The number of ether oxygens (including phenoxy) is 2. The number of phosphoric ester groups is 1. The zero-order valence-corrected chi connectivity index (χ0v) is 47.9. The summed E-state index contributed by atoms with van der Waals surface area (Å²) in [5, 5.41) is 0. The van der Waals surface area contributed by atoms with Crippen LogP contribution in [0.25, 0.3) is 0 Å². The highest BCUT2D eigenvalue weighted by molar-refractivity contribution is 7.45. The molecule has 0 aliphatic carbocycles. The highest BCUT2D eigenvalue weighted by Gasteiger charge is 2.20. The molecule has 412 valence electrons. The minimum absolute atomic E-state index is 0.0271. The molecule has 9 heteroatoms. The second-order valence-corrected chi connectivity index (χ2v) is 22.7. The molecule has 2 unspecified atom stereocenters. The minimum atomic E-state index is -4.53. The van der Waals surface area contributed by atoms with Crippen molar-refractivity contribution < 1.29 is 37.3 Å². The van der Waals surface area contributed by atoms with Crippen molar-refractivity contribution in [2.45, 2.75) is 283 Å². The number of nitrogens with zero attached hydrogens (tertiary/aromatic N) is 1. The SMILES string of the molecule is CC/C=C\C/C=C\C/C=C\C/C=C\CCCCCCCCCCCCCCCOCC(COP(=O)([O-])OCC[N+](C)(C)C)OC(=O)CCCCCCCCCCCCCCCCCCCCCCCC. The Hall–Kier alpha value is -1.54. The number of hydrogen-bond acceptors (Lipinski definition) is 7. The van der Waals surface area contributed by atoms with Crippen molar-refractivity contribution in [3.05, 3.63) is 48.6 Å². The van der Waals surface area contributed by atoms with E-state index in [1.807, 2.05) is 21.1 Å². The van der Waals surface area contributed by atoms with Crippen molar-refractivity contribution in [3.63, 3.8) is 0 Å². The summed E-state index contributed by atoms with van der Waals surface area (Å²) in [5.74, 6) is -0.328. The summed E-state index contributed by atoms with van der Waals surface area (Å²) >= 11 is 0. The lowest BCUT2D eigenvalue weighted by Crippen LogP contribution is -2.37. The molecule has 0 N–H and O–H groups in total. The van der Waals surface area contributed by atoms with Crippen LogP contribution in [0, 0.1) is 0 Å². The zero-order valence-electron chi connectivity index (χ0n) is 47.0. The minimum Gasteiger partial charge on any atom is -0.756 e. The maximum atomic E-state index is 12.8. The van der Waals surface area contributed by atoms with E-state index >= 15 is 0 Å². The van der Waals surface area contributed by atoms with Gasteiger partial charge in [-0.2, -0.15) is 0 Å². The maximum Gasteiger partial charge on any atom is 0.306 e. The molecule has 70 heavy (non-hydrogen) atoms. The third kappa shape index (κ3) is 57.4. The van der Waals surface area contributed by atoms with Gasteiger partial charge in [0.2, 0.25) is 0 Å². The topological polar surface area (TPSA) is 94.1 Å². The molecule has 0 radical (unpaired) electrons. The van der Waals surface area contributed by atoms with Crippen LogP contribution >= 0.6 is 7.82 Å². The number of esters is 1. The second kappa shape index (κ2) is 53.7. The number of unbranched alkanes of at least 4 members (excludes halogenated alkanes) is 34.